The average Bonchev–Trinajstić information content (AvgIpc) is 3.17. The van der Waals surface area contributed by atoms with Crippen LogP contribution in [-0.4, -0.2) is 11.9 Å². The molecule has 0 radical (unpaired) electrons. The van der Waals surface area contributed by atoms with Crippen LogP contribution in [0, 0.1) is 0 Å². The number of anilines is 3. The van der Waals surface area contributed by atoms with Crippen molar-refractivity contribution in [1.82, 2.24) is 0 Å². The van der Waals surface area contributed by atoms with Crippen LogP contribution in [0.5, 0.6) is 0 Å². The Kier molecular flexibility index (Phi) is 3.00. The van der Waals surface area contributed by atoms with Gasteiger partial charge in [0.05, 0.1) is 22.5 Å². The standard InChI is InChI=1S/C18H21N3OS/c1-10(2)21-15-8-14-13(7-12(15)18(3,4)17(21)22)19-16(20-14)11-5-6-23-9-11/h5-10,16,19-20H,1-4H3. The van der Waals surface area contributed by atoms with Gasteiger partial charge in [0.25, 0.3) is 0 Å². The maximum absolute atomic E-state index is 12.8. The zero-order chi connectivity index (χ0) is 16.4. The molecule has 2 N–H and O–H groups in total. The van der Waals surface area contributed by atoms with Crippen molar-refractivity contribution in [3.05, 3.63) is 40.1 Å². The predicted octanol–water partition coefficient (Wildman–Crippen LogP) is 4.32. The van der Waals surface area contributed by atoms with Crippen LogP contribution in [-0.2, 0) is 10.2 Å². The molecule has 0 saturated heterocycles. The molecule has 1 aromatic carbocycles. The normalized spacial score (nSPS) is 21.2. The van der Waals surface area contributed by atoms with Gasteiger partial charge in [-0.1, -0.05) is 0 Å². The van der Waals surface area contributed by atoms with Crippen LogP contribution < -0.4 is 15.5 Å². The highest BCUT2D eigenvalue weighted by molar-refractivity contribution is 7.08. The molecule has 120 valence electrons. The van der Waals surface area contributed by atoms with Crippen LogP contribution in [0.1, 0.15) is 45.0 Å². The number of rotatable bonds is 2. The molecule has 1 atom stereocenters. The summed E-state index contributed by atoms with van der Waals surface area (Å²) in [5.41, 5.74) is 5.05. The Hall–Kier alpha value is -2.01. The monoisotopic (exact) mass is 327 g/mol. The van der Waals surface area contributed by atoms with Crippen molar-refractivity contribution in [1.29, 1.82) is 0 Å². The van der Waals surface area contributed by atoms with E-state index in [1.54, 1.807) is 11.3 Å². The first-order valence-electron chi connectivity index (χ1n) is 7.97. The molecule has 0 saturated carbocycles. The van der Waals surface area contributed by atoms with E-state index in [1.807, 2.05) is 18.7 Å². The van der Waals surface area contributed by atoms with E-state index in [1.165, 1.54) is 5.56 Å². The van der Waals surface area contributed by atoms with Gasteiger partial charge in [-0.2, -0.15) is 11.3 Å². The zero-order valence-corrected chi connectivity index (χ0v) is 14.6. The topological polar surface area (TPSA) is 44.4 Å². The van der Waals surface area contributed by atoms with E-state index in [9.17, 15) is 4.79 Å². The number of benzene rings is 1. The number of carbonyl (C=O) groups is 1. The fraction of sp³-hybridized carbons (Fsp3) is 0.389. The van der Waals surface area contributed by atoms with Crippen molar-refractivity contribution in [3.8, 4) is 0 Å². The Labute approximate surface area is 140 Å². The summed E-state index contributed by atoms with van der Waals surface area (Å²) < 4.78 is 0. The number of nitrogens with one attached hydrogen (secondary N) is 2. The lowest BCUT2D eigenvalue weighted by Crippen LogP contribution is -2.40. The molecule has 3 heterocycles. The Bertz CT molecular complexity index is 780. The van der Waals surface area contributed by atoms with Crippen molar-refractivity contribution in [2.45, 2.75) is 45.3 Å². The summed E-state index contributed by atoms with van der Waals surface area (Å²) in [4.78, 5) is 14.7. The van der Waals surface area contributed by atoms with Crippen LogP contribution in [0.2, 0.25) is 0 Å². The third kappa shape index (κ3) is 1.99. The van der Waals surface area contributed by atoms with E-state index >= 15 is 0 Å². The minimum absolute atomic E-state index is 0.102. The van der Waals surface area contributed by atoms with Crippen LogP contribution in [0.15, 0.2) is 29.0 Å². The molecular formula is C18H21N3OS. The van der Waals surface area contributed by atoms with Gasteiger partial charge in [0.1, 0.15) is 6.17 Å². The molecule has 2 aliphatic rings. The number of nitrogens with zero attached hydrogens (tertiary/aromatic N) is 1. The summed E-state index contributed by atoms with van der Waals surface area (Å²) in [6, 6.07) is 6.55. The van der Waals surface area contributed by atoms with Crippen molar-refractivity contribution in [3.63, 3.8) is 0 Å². The number of carbonyl (C=O) groups excluding carboxylic acids is 1. The number of hydrogen-bond acceptors (Lipinski definition) is 4. The lowest BCUT2D eigenvalue weighted by Gasteiger charge is -2.24. The third-order valence-corrected chi connectivity index (χ3v) is 5.52. The van der Waals surface area contributed by atoms with Gasteiger partial charge < -0.3 is 15.5 Å². The van der Waals surface area contributed by atoms with Crippen LogP contribution in [0.4, 0.5) is 17.1 Å². The summed E-state index contributed by atoms with van der Waals surface area (Å²) in [6.07, 6.45) is 0.102. The van der Waals surface area contributed by atoms with E-state index < -0.39 is 5.41 Å². The van der Waals surface area contributed by atoms with Crippen molar-refractivity contribution in [2.24, 2.45) is 0 Å². The lowest BCUT2D eigenvalue weighted by molar-refractivity contribution is -0.122. The second-order valence-corrected chi connectivity index (χ2v) is 7.87. The minimum atomic E-state index is -0.475. The molecule has 23 heavy (non-hydrogen) atoms. The summed E-state index contributed by atoms with van der Waals surface area (Å²) in [5.74, 6) is 0.181. The van der Waals surface area contributed by atoms with Crippen molar-refractivity contribution in [2.75, 3.05) is 15.5 Å². The number of thiophene rings is 1. The maximum Gasteiger partial charge on any atom is 0.237 e. The molecular weight excluding hydrogens is 306 g/mol. The number of amides is 1. The van der Waals surface area contributed by atoms with Crippen molar-refractivity contribution >= 4 is 34.3 Å². The molecule has 2 aromatic rings. The molecule has 1 aromatic heterocycles. The van der Waals surface area contributed by atoms with Crippen LogP contribution in [0.3, 0.4) is 0 Å². The molecule has 1 amide bonds. The Morgan fingerprint density at radius 1 is 1.22 bits per heavy atom. The van der Waals surface area contributed by atoms with Crippen LogP contribution in [0.25, 0.3) is 0 Å². The second-order valence-electron chi connectivity index (χ2n) is 7.09. The lowest BCUT2D eigenvalue weighted by atomic mass is 9.86. The SMILES string of the molecule is CC(C)N1C(=O)C(C)(C)c2cc3c(cc21)NC(c1ccsc1)N3. The van der Waals surface area contributed by atoms with Crippen molar-refractivity contribution < 1.29 is 4.79 Å². The highest BCUT2D eigenvalue weighted by Gasteiger charge is 2.45. The average molecular weight is 327 g/mol. The first kappa shape index (κ1) is 14.6. The van der Waals surface area contributed by atoms with Gasteiger partial charge in [-0.25, -0.2) is 0 Å². The van der Waals surface area contributed by atoms with Crippen LogP contribution >= 0.6 is 11.3 Å². The van der Waals surface area contributed by atoms with E-state index in [4.69, 9.17) is 0 Å². The molecule has 0 fully saturated rings. The van der Waals surface area contributed by atoms with E-state index in [2.05, 4.69) is 53.4 Å². The fourth-order valence-electron chi connectivity index (χ4n) is 3.52. The summed E-state index contributed by atoms with van der Waals surface area (Å²) in [5, 5.41) is 11.3. The van der Waals surface area contributed by atoms with Gasteiger partial charge in [-0.3, -0.25) is 4.79 Å². The molecule has 5 heteroatoms. The molecule has 0 bridgehead atoms. The van der Waals surface area contributed by atoms with E-state index in [0.29, 0.717) is 0 Å². The highest BCUT2D eigenvalue weighted by Crippen LogP contribution is 2.48. The molecule has 4 nitrogen and oxygen atoms in total. The molecule has 4 rings (SSSR count). The smallest absolute Gasteiger partial charge is 0.237 e. The minimum Gasteiger partial charge on any atom is -0.360 e. The molecule has 1 unspecified atom stereocenters. The van der Waals surface area contributed by atoms with Gasteiger partial charge in [-0.05, 0) is 62.2 Å². The quantitative estimate of drug-likeness (QED) is 0.863. The highest BCUT2D eigenvalue weighted by atomic mass is 32.1. The zero-order valence-electron chi connectivity index (χ0n) is 13.8. The van der Waals surface area contributed by atoms with Gasteiger partial charge in [0.2, 0.25) is 5.91 Å². The van der Waals surface area contributed by atoms with E-state index in [-0.39, 0.29) is 18.1 Å². The summed E-state index contributed by atoms with van der Waals surface area (Å²) >= 11 is 1.70. The van der Waals surface area contributed by atoms with Gasteiger partial charge in [-0.15, -0.1) is 0 Å². The van der Waals surface area contributed by atoms with E-state index in [0.717, 1.165) is 22.6 Å². The Morgan fingerprint density at radius 2 is 1.91 bits per heavy atom. The largest absolute Gasteiger partial charge is 0.360 e. The van der Waals surface area contributed by atoms with Gasteiger partial charge in [0.15, 0.2) is 0 Å². The first-order valence-corrected chi connectivity index (χ1v) is 8.91. The van der Waals surface area contributed by atoms with Gasteiger partial charge in [0, 0.05) is 11.6 Å². The van der Waals surface area contributed by atoms with Gasteiger partial charge >= 0.3 is 0 Å². The first-order chi connectivity index (χ1) is 10.9. The molecule has 0 aliphatic carbocycles. The molecule has 0 spiro atoms. The number of fused-ring (bicyclic) bond motifs is 2. The summed E-state index contributed by atoms with van der Waals surface area (Å²) in [6.45, 7) is 8.16. The second kappa shape index (κ2) is 4.74. The Balaban J connectivity index is 1.78. The fourth-order valence-corrected chi connectivity index (χ4v) is 4.20. The Morgan fingerprint density at radius 3 is 2.52 bits per heavy atom. The molecule has 2 aliphatic heterocycles. The number of hydrogen-bond donors (Lipinski definition) is 2. The maximum atomic E-state index is 12.8. The summed E-state index contributed by atoms with van der Waals surface area (Å²) in [7, 11) is 0. The third-order valence-electron chi connectivity index (χ3n) is 4.81. The predicted molar refractivity (Wildman–Crippen MR) is 96.4 cm³/mol.